The standard InChI is InChI=1S/C12H7FN4OS/c13-10-6-7(4-5-14-10)12(18)15-8-2-1-3-9-11(8)17-19-16-9/h1-6H,(H,15,18). The van der Waals surface area contributed by atoms with Crippen molar-refractivity contribution in [1.82, 2.24) is 13.7 Å². The first-order valence-electron chi connectivity index (χ1n) is 5.38. The molecule has 0 radical (unpaired) electrons. The maximum atomic E-state index is 13.0. The van der Waals surface area contributed by atoms with Crippen molar-refractivity contribution in [3.05, 3.63) is 48.0 Å². The predicted octanol–water partition coefficient (Wildman–Crippen LogP) is 2.48. The molecule has 19 heavy (non-hydrogen) atoms. The molecule has 1 N–H and O–H groups in total. The molecule has 0 spiro atoms. The minimum absolute atomic E-state index is 0.202. The monoisotopic (exact) mass is 274 g/mol. The summed E-state index contributed by atoms with van der Waals surface area (Å²) in [6.07, 6.45) is 1.25. The summed E-state index contributed by atoms with van der Waals surface area (Å²) in [5, 5.41) is 2.69. The van der Waals surface area contributed by atoms with Gasteiger partial charge >= 0.3 is 0 Å². The third-order valence-corrected chi connectivity index (χ3v) is 3.07. The SMILES string of the molecule is O=C(Nc1cccc2nsnc12)c1ccnc(F)c1. The molecule has 0 aliphatic rings. The summed E-state index contributed by atoms with van der Waals surface area (Å²) in [6, 6.07) is 7.82. The molecule has 0 bridgehead atoms. The zero-order chi connectivity index (χ0) is 13.2. The van der Waals surface area contributed by atoms with E-state index >= 15 is 0 Å². The van der Waals surface area contributed by atoms with Gasteiger partial charge in [0.25, 0.3) is 5.91 Å². The van der Waals surface area contributed by atoms with E-state index in [0.29, 0.717) is 16.7 Å². The van der Waals surface area contributed by atoms with E-state index in [-0.39, 0.29) is 5.56 Å². The molecule has 2 heterocycles. The van der Waals surface area contributed by atoms with Crippen LogP contribution in [-0.2, 0) is 0 Å². The van der Waals surface area contributed by atoms with Crippen molar-refractivity contribution in [2.24, 2.45) is 0 Å². The number of aromatic nitrogens is 3. The highest BCUT2D eigenvalue weighted by atomic mass is 32.1. The average molecular weight is 274 g/mol. The van der Waals surface area contributed by atoms with Crippen LogP contribution in [0.15, 0.2) is 36.5 Å². The number of fused-ring (bicyclic) bond motifs is 1. The van der Waals surface area contributed by atoms with Gasteiger partial charge in [0.2, 0.25) is 5.95 Å². The normalized spacial score (nSPS) is 10.6. The Morgan fingerprint density at radius 3 is 3.00 bits per heavy atom. The summed E-state index contributed by atoms with van der Waals surface area (Å²) >= 11 is 1.07. The largest absolute Gasteiger partial charge is 0.320 e. The van der Waals surface area contributed by atoms with Gasteiger partial charge in [-0.05, 0) is 18.2 Å². The first-order chi connectivity index (χ1) is 9.24. The Morgan fingerprint density at radius 2 is 2.16 bits per heavy atom. The lowest BCUT2D eigenvalue weighted by molar-refractivity contribution is 0.102. The number of amides is 1. The van der Waals surface area contributed by atoms with Crippen LogP contribution in [0.2, 0.25) is 0 Å². The molecule has 3 aromatic rings. The fourth-order valence-corrected chi connectivity index (χ4v) is 2.19. The lowest BCUT2D eigenvalue weighted by atomic mass is 10.2. The number of benzene rings is 1. The van der Waals surface area contributed by atoms with E-state index in [0.717, 1.165) is 17.8 Å². The smallest absolute Gasteiger partial charge is 0.255 e. The highest BCUT2D eigenvalue weighted by Crippen LogP contribution is 2.21. The third-order valence-electron chi connectivity index (χ3n) is 2.52. The van der Waals surface area contributed by atoms with Gasteiger partial charge in [0.1, 0.15) is 11.0 Å². The third kappa shape index (κ3) is 2.27. The van der Waals surface area contributed by atoms with E-state index < -0.39 is 11.9 Å². The van der Waals surface area contributed by atoms with E-state index in [1.54, 1.807) is 18.2 Å². The van der Waals surface area contributed by atoms with Crippen molar-refractivity contribution < 1.29 is 9.18 Å². The molecule has 0 saturated heterocycles. The second-order valence-corrected chi connectivity index (χ2v) is 4.29. The molecule has 2 aromatic heterocycles. The number of nitrogens with one attached hydrogen (secondary N) is 1. The van der Waals surface area contributed by atoms with Gasteiger partial charge in [-0.2, -0.15) is 13.1 Å². The van der Waals surface area contributed by atoms with E-state index in [9.17, 15) is 9.18 Å². The molecule has 3 rings (SSSR count). The Morgan fingerprint density at radius 1 is 1.26 bits per heavy atom. The summed E-state index contributed by atoms with van der Waals surface area (Å²) in [5.41, 5.74) is 2.08. The molecule has 0 aliphatic carbocycles. The molecule has 0 atom stereocenters. The lowest BCUT2D eigenvalue weighted by Gasteiger charge is -2.05. The van der Waals surface area contributed by atoms with Crippen LogP contribution in [0.4, 0.5) is 10.1 Å². The predicted molar refractivity (Wildman–Crippen MR) is 69.6 cm³/mol. The van der Waals surface area contributed by atoms with Crippen LogP contribution in [0.1, 0.15) is 10.4 Å². The Kier molecular flexibility index (Phi) is 2.88. The van der Waals surface area contributed by atoms with Crippen LogP contribution in [0.5, 0.6) is 0 Å². The molecule has 7 heteroatoms. The van der Waals surface area contributed by atoms with E-state index in [1.165, 1.54) is 12.3 Å². The van der Waals surface area contributed by atoms with Crippen molar-refractivity contribution in [3.63, 3.8) is 0 Å². The van der Waals surface area contributed by atoms with Crippen LogP contribution in [-0.4, -0.2) is 19.6 Å². The summed E-state index contributed by atoms with van der Waals surface area (Å²) in [5.74, 6) is -1.11. The van der Waals surface area contributed by atoms with Gasteiger partial charge in [-0.15, -0.1) is 0 Å². The van der Waals surface area contributed by atoms with Crippen LogP contribution < -0.4 is 5.32 Å². The number of halogens is 1. The van der Waals surface area contributed by atoms with Crippen LogP contribution in [0, 0.1) is 5.95 Å². The second kappa shape index (κ2) is 4.69. The van der Waals surface area contributed by atoms with E-state index in [4.69, 9.17) is 0 Å². The minimum Gasteiger partial charge on any atom is -0.320 e. The number of pyridine rings is 1. The Labute approximate surface area is 111 Å². The number of nitrogens with zero attached hydrogens (tertiary/aromatic N) is 3. The Bertz CT molecular complexity index is 758. The van der Waals surface area contributed by atoms with E-state index in [1.807, 2.05) is 0 Å². The quantitative estimate of drug-likeness (QED) is 0.729. The number of rotatable bonds is 2. The van der Waals surface area contributed by atoms with Gasteiger partial charge in [0, 0.05) is 17.8 Å². The van der Waals surface area contributed by atoms with Gasteiger partial charge in [0.05, 0.1) is 17.4 Å². The summed E-state index contributed by atoms with van der Waals surface area (Å²) in [6.45, 7) is 0. The highest BCUT2D eigenvalue weighted by Gasteiger charge is 2.11. The number of carbonyl (C=O) groups excluding carboxylic acids is 1. The van der Waals surface area contributed by atoms with Crippen LogP contribution in [0.3, 0.4) is 0 Å². The van der Waals surface area contributed by atoms with Crippen LogP contribution >= 0.6 is 11.7 Å². The Balaban J connectivity index is 1.93. The Hall–Kier alpha value is -2.41. The first kappa shape index (κ1) is 11.7. The fraction of sp³-hybridized carbons (Fsp3) is 0. The first-order valence-corrected chi connectivity index (χ1v) is 6.11. The summed E-state index contributed by atoms with van der Waals surface area (Å²) in [7, 11) is 0. The number of hydrogen-bond acceptors (Lipinski definition) is 5. The molecule has 0 aliphatic heterocycles. The molecule has 1 aromatic carbocycles. The van der Waals surface area contributed by atoms with Crippen molar-refractivity contribution in [2.45, 2.75) is 0 Å². The number of hydrogen-bond donors (Lipinski definition) is 1. The number of anilines is 1. The van der Waals surface area contributed by atoms with Gasteiger partial charge in [-0.1, -0.05) is 6.07 Å². The molecule has 0 unspecified atom stereocenters. The zero-order valence-electron chi connectivity index (χ0n) is 9.50. The average Bonchev–Trinajstić information content (AvgIpc) is 2.88. The highest BCUT2D eigenvalue weighted by molar-refractivity contribution is 7.00. The molecular weight excluding hydrogens is 267 g/mol. The van der Waals surface area contributed by atoms with Gasteiger partial charge in [0.15, 0.2) is 0 Å². The van der Waals surface area contributed by atoms with E-state index in [2.05, 4.69) is 19.0 Å². The molecule has 5 nitrogen and oxygen atoms in total. The molecule has 94 valence electrons. The fourth-order valence-electron chi connectivity index (χ4n) is 1.65. The van der Waals surface area contributed by atoms with Crippen molar-refractivity contribution in [2.75, 3.05) is 5.32 Å². The maximum Gasteiger partial charge on any atom is 0.255 e. The summed E-state index contributed by atoms with van der Waals surface area (Å²) < 4.78 is 21.2. The molecule has 0 saturated carbocycles. The number of carbonyl (C=O) groups is 1. The zero-order valence-corrected chi connectivity index (χ0v) is 10.3. The topological polar surface area (TPSA) is 67.8 Å². The second-order valence-electron chi connectivity index (χ2n) is 3.76. The summed E-state index contributed by atoms with van der Waals surface area (Å²) in [4.78, 5) is 15.4. The van der Waals surface area contributed by atoms with Crippen molar-refractivity contribution >= 4 is 34.4 Å². The van der Waals surface area contributed by atoms with Gasteiger partial charge < -0.3 is 5.32 Å². The van der Waals surface area contributed by atoms with Crippen molar-refractivity contribution in [1.29, 1.82) is 0 Å². The van der Waals surface area contributed by atoms with Gasteiger partial charge in [-0.25, -0.2) is 4.98 Å². The molecular formula is C12H7FN4OS. The van der Waals surface area contributed by atoms with Crippen LogP contribution in [0.25, 0.3) is 11.0 Å². The molecule has 0 fully saturated rings. The lowest BCUT2D eigenvalue weighted by Crippen LogP contribution is -2.12. The van der Waals surface area contributed by atoms with Gasteiger partial charge in [-0.3, -0.25) is 4.79 Å². The minimum atomic E-state index is -0.693. The van der Waals surface area contributed by atoms with Crippen molar-refractivity contribution in [3.8, 4) is 0 Å². The molecule has 1 amide bonds. The maximum absolute atomic E-state index is 13.0.